The second kappa shape index (κ2) is 3.37. The zero-order chi connectivity index (χ0) is 8.39. The third kappa shape index (κ3) is 1.42. The molecule has 0 amide bonds. The normalized spacial score (nSPS) is 19.2. The van der Waals surface area contributed by atoms with Crippen molar-refractivity contribution in [1.29, 1.82) is 0 Å². The SMILES string of the molecule is OC(C1=CCCS1)c1ccco1. The first-order valence-corrected chi connectivity index (χ1v) is 4.91. The largest absolute Gasteiger partial charge is 0.466 e. The fourth-order valence-corrected chi connectivity index (χ4v) is 2.20. The first-order chi connectivity index (χ1) is 5.88. The van der Waals surface area contributed by atoms with Crippen LogP contribution in [0.25, 0.3) is 0 Å². The second-order valence-corrected chi connectivity index (χ2v) is 3.83. The van der Waals surface area contributed by atoms with Crippen LogP contribution in [0.5, 0.6) is 0 Å². The lowest BCUT2D eigenvalue weighted by molar-refractivity contribution is 0.193. The summed E-state index contributed by atoms with van der Waals surface area (Å²) in [5.74, 6) is 1.71. The summed E-state index contributed by atoms with van der Waals surface area (Å²) in [5, 5.41) is 9.73. The van der Waals surface area contributed by atoms with Gasteiger partial charge in [-0.2, -0.15) is 0 Å². The van der Waals surface area contributed by atoms with Gasteiger partial charge in [-0.25, -0.2) is 0 Å². The predicted molar refractivity (Wildman–Crippen MR) is 48.8 cm³/mol. The van der Waals surface area contributed by atoms with Crippen molar-refractivity contribution >= 4 is 11.8 Å². The molecule has 3 heteroatoms. The first kappa shape index (κ1) is 7.95. The molecule has 1 unspecified atom stereocenters. The summed E-state index contributed by atoms with van der Waals surface area (Å²) < 4.78 is 5.10. The molecule has 1 atom stereocenters. The molecule has 0 bridgehead atoms. The van der Waals surface area contributed by atoms with Gasteiger partial charge in [0.1, 0.15) is 11.9 Å². The summed E-state index contributed by atoms with van der Waals surface area (Å²) in [6.07, 6.45) is 4.15. The molecule has 1 N–H and O–H groups in total. The third-order valence-electron chi connectivity index (χ3n) is 1.81. The Kier molecular flexibility index (Phi) is 2.23. The summed E-state index contributed by atoms with van der Waals surface area (Å²) in [4.78, 5) is 1.02. The summed E-state index contributed by atoms with van der Waals surface area (Å²) in [6.45, 7) is 0. The number of hydrogen-bond donors (Lipinski definition) is 1. The van der Waals surface area contributed by atoms with E-state index in [0.717, 1.165) is 17.1 Å². The minimum Gasteiger partial charge on any atom is -0.466 e. The Balaban J connectivity index is 2.14. The van der Waals surface area contributed by atoms with E-state index >= 15 is 0 Å². The van der Waals surface area contributed by atoms with E-state index in [0.29, 0.717) is 5.76 Å². The minimum absolute atomic E-state index is 0.549. The summed E-state index contributed by atoms with van der Waals surface area (Å²) in [5.41, 5.74) is 0. The van der Waals surface area contributed by atoms with Gasteiger partial charge in [-0.15, -0.1) is 11.8 Å². The number of allylic oxidation sites excluding steroid dienone is 1. The molecular formula is C9H10O2S. The zero-order valence-electron chi connectivity index (χ0n) is 6.56. The molecule has 1 aliphatic heterocycles. The maximum atomic E-state index is 9.73. The number of hydrogen-bond acceptors (Lipinski definition) is 3. The molecule has 2 nitrogen and oxygen atoms in total. The lowest BCUT2D eigenvalue weighted by Crippen LogP contribution is -1.94. The van der Waals surface area contributed by atoms with Gasteiger partial charge in [0.25, 0.3) is 0 Å². The highest BCUT2D eigenvalue weighted by Gasteiger charge is 2.18. The molecule has 0 aromatic carbocycles. The highest BCUT2D eigenvalue weighted by molar-refractivity contribution is 8.03. The van der Waals surface area contributed by atoms with Gasteiger partial charge >= 0.3 is 0 Å². The van der Waals surface area contributed by atoms with E-state index in [9.17, 15) is 5.11 Å². The third-order valence-corrected chi connectivity index (χ3v) is 2.98. The number of thioether (sulfide) groups is 1. The quantitative estimate of drug-likeness (QED) is 0.762. The highest BCUT2D eigenvalue weighted by atomic mass is 32.2. The van der Waals surface area contributed by atoms with Crippen LogP contribution in [0.3, 0.4) is 0 Å². The summed E-state index contributed by atoms with van der Waals surface area (Å²) in [7, 11) is 0. The summed E-state index contributed by atoms with van der Waals surface area (Å²) >= 11 is 1.70. The predicted octanol–water partition coefficient (Wildman–Crippen LogP) is 2.33. The van der Waals surface area contributed by atoms with Crippen LogP contribution in [-0.2, 0) is 0 Å². The highest BCUT2D eigenvalue weighted by Crippen LogP contribution is 2.35. The average molecular weight is 182 g/mol. The lowest BCUT2D eigenvalue weighted by atomic mass is 10.2. The van der Waals surface area contributed by atoms with Gasteiger partial charge in [-0.1, -0.05) is 6.08 Å². The Bertz CT molecular complexity index is 277. The van der Waals surface area contributed by atoms with Gasteiger partial charge < -0.3 is 9.52 Å². The molecule has 0 fully saturated rings. The molecule has 0 aliphatic carbocycles. The molecule has 1 aromatic heterocycles. The molecule has 1 aromatic rings. The fraction of sp³-hybridized carbons (Fsp3) is 0.333. The number of aliphatic hydroxyl groups is 1. The van der Waals surface area contributed by atoms with Crippen LogP contribution in [0.15, 0.2) is 33.8 Å². The van der Waals surface area contributed by atoms with Gasteiger partial charge in [-0.05, 0) is 18.6 Å². The standard InChI is InChI=1S/C9H10O2S/c10-9(7-3-1-5-11-7)8-4-2-6-12-8/h1,3-5,9-10H,2,6H2. The monoisotopic (exact) mass is 182 g/mol. The Morgan fingerprint density at radius 1 is 1.58 bits per heavy atom. The van der Waals surface area contributed by atoms with Crippen molar-refractivity contribution in [3.63, 3.8) is 0 Å². The van der Waals surface area contributed by atoms with Crippen molar-refractivity contribution in [1.82, 2.24) is 0 Å². The molecule has 12 heavy (non-hydrogen) atoms. The Labute approximate surface area is 75.3 Å². The Morgan fingerprint density at radius 2 is 2.50 bits per heavy atom. The van der Waals surface area contributed by atoms with Crippen molar-refractivity contribution in [2.24, 2.45) is 0 Å². The Hall–Kier alpha value is -0.670. The molecule has 0 saturated heterocycles. The molecule has 0 spiro atoms. The molecule has 1 aliphatic rings. The number of aliphatic hydroxyl groups excluding tert-OH is 1. The average Bonchev–Trinajstić information content (AvgIpc) is 2.77. The van der Waals surface area contributed by atoms with Crippen LogP contribution < -0.4 is 0 Å². The van der Waals surface area contributed by atoms with Gasteiger partial charge in [0.05, 0.1) is 6.26 Å². The molecular weight excluding hydrogens is 172 g/mol. The Morgan fingerprint density at radius 3 is 3.08 bits per heavy atom. The topological polar surface area (TPSA) is 33.4 Å². The van der Waals surface area contributed by atoms with E-state index in [4.69, 9.17) is 4.42 Å². The fourth-order valence-electron chi connectivity index (χ4n) is 1.21. The van der Waals surface area contributed by atoms with E-state index in [1.807, 2.05) is 0 Å². The van der Waals surface area contributed by atoms with Crippen molar-refractivity contribution in [3.8, 4) is 0 Å². The molecule has 2 rings (SSSR count). The number of furan rings is 1. The van der Waals surface area contributed by atoms with Gasteiger partial charge in [-0.3, -0.25) is 0 Å². The van der Waals surface area contributed by atoms with Gasteiger partial charge in [0.15, 0.2) is 0 Å². The van der Waals surface area contributed by atoms with Crippen LogP contribution in [-0.4, -0.2) is 10.9 Å². The lowest BCUT2D eigenvalue weighted by Gasteiger charge is -2.06. The minimum atomic E-state index is -0.549. The summed E-state index contributed by atoms with van der Waals surface area (Å²) in [6, 6.07) is 3.59. The molecule has 0 radical (unpaired) electrons. The van der Waals surface area contributed by atoms with Crippen LogP contribution in [0.4, 0.5) is 0 Å². The second-order valence-electron chi connectivity index (χ2n) is 2.66. The van der Waals surface area contributed by atoms with E-state index in [1.54, 1.807) is 30.2 Å². The van der Waals surface area contributed by atoms with Crippen molar-refractivity contribution in [3.05, 3.63) is 35.1 Å². The maximum Gasteiger partial charge on any atom is 0.142 e. The van der Waals surface area contributed by atoms with E-state index in [-0.39, 0.29) is 0 Å². The van der Waals surface area contributed by atoms with Crippen molar-refractivity contribution < 1.29 is 9.52 Å². The van der Waals surface area contributed by atoms with Crippen LogP contribution >= 0.6 is 11.8 Å². The van der Waals surface area contributed by atoms with E-state index in [2.05, 4.69) is 6.08 Å². The zero-order valence-corrected chi connectivity index (χ0v) is 7.38. The van der Waals surface area contributed by atoms with E-state index < -0.39 is 6.10 Å². The smallest absolute Gasteiger partial charge is 0.142 e. The van der Waals surface area contributed by atoms with Gasteiger partial charge in [0, 0.05) is 10.7 Å². The molecule has 64 valence electrons. The van der Waals surface area contributed by atoms with Crippen LogP contribution in [0, 0.1) is 0 Å². The van der Waals surface area contributed by atoms with Crippen molar-refractivity contribution in [2.45, 2.75) is 12.5 Å². The van der Waals surface area contributed by atoms with Crippen LogP contribution in [0.2, 0.25) is 0 Å². The first-order valence-electron chi connectivity index (χ1n) is 3.92. The molecule has 2 heterocycles. The maximum absolute atomic E-state index is 9.73. The number of rotatable bonds is 2. The van der Waals surface area contributed by atoms with Gasteiger partial charge in [0.2, 0.25) is 0 Å². The van der Waals surface area contributed by atoms with Crippen molar-refractivity contribution in [2.75, 3.05) is 5.75 Å². The van der Waals surface area contributed by atoms with E-state index in [1.165, 1.54) is 0 Å². The van der Waals surface area contributed by atoms with Crippen LogP contribution in [0.1, 0.15) is 18.3 Å². The molecule has 0 saturated carbocycles.